The first-order valence-electron chi connectivity index (χ1n) is 3.23. The minimum absolute atomic E-state index is 0.857. The minimum Gasteiger partial charge on any atom is -0.220 e. The Morgan fingerprint density at radius 1 is 1.55 bits per heavy atom. The van der Waals surface area contributed by atoms with Crippen LogP contribution in [0.4, 0.5) is 0 Å². The van der Waals surface area contributed by atoms with Crippen LogP contribution in [0.5, 0.6) is 0 Å². The van der Waals surface area contributed by atoms with Crippen LogP contribution in [0, 0.1) is 6.92 Å². The number of pyridine rings is 1. The fourth-order valence-corrected chi connectivity index (χ4v) is 1.66. The summed E-state index contributed by atoms with van der Waals surface area (Å²) in [6.07, 6.45) is 3.48. The number of aryl methyl sites for hydroxylation is 1. The number of halogens is 1. The quantitative estimate of drug-likeness (QED) is 0.666. The van der Waals surface area contributed by atoms with Crippen molar-refractivity contribution in [2.75, 3.05) is 0 Å². The maximum absolute atomic E-state index is 4.06. The molecule has 0 bridgehead atoms. The lowest BCUT2D eigenvalue weighted by atomic mass is 10.3. The zero-order chi connectivity index (χ0) is 7.84. The van der Waals surface area contributed by atoms with Gasteiger partial charge in [0, 0.05) is 6.20 Å². The number of aromatic nitrogens is 3. The molecular formula is C7H6BrN3. The Kier molecular flexibility index (Phi) is 1.42. The molecule has 0 aliphatic rings. The lowest BCUT2D eigenvalue weighted by molar-refractivity contribution is 0.949. The summed E-state index contributed by atoms with van der Waals surface area (Å²) in [5.74, 6) is 0. The second-order valence-electron chi connectivity index (χ2n) is 2.39. The van der Waals surface area contributed by atoms with E-state index in [1.54, 1.807) is 10.8 Å². The van der Waals surface area contributed by atoms with Crippen LogP contribution in [0.1, 0.15) is 5.56 Å². The third-order valence-corrected chi connectivity index (χ3v) is 2.05. The molecule has 0 amide bonds. The zero-order valence-corrected chi connectivity index (χ0v) is 7.54. The van der Waals surface area contributed by atoms with Gasteiger partial charge < -0.3 is 0 Å². The molecule has 0 aliphatic carbocycles. The number of hydrogen-bond acceptors (Lipinski definition) is 2. The molecule has 3 nitrogen and oxygen atoms in total. The molecule has 0 saturated heterocycles. The van der Waals surface area contributed by atoms with Gasteiger partial charge in [0.05, 0.1) is 4.47 Å². The minimum atomic E-state index is 0.857. The predicted molar refractivity (Wildman–Crippen MR) is 45.4 cm³/mol. The van der Waals surface area contributed by atoms with Crippen LogP contribution in [-0.4, -0.2) is 14.6 Å². The Bertz CT molecular complexity index is 393. The van der Waals surface area contributed by atoms with E-state index in [9.17, 15) is 0 Å². The molecule has 2 aromatic heterocycles. The molecule has 0 aromatic carbocycles. The predicted octanol–water partition coefficient (Wildman–Crippen LogP) is 1.80. The van der Waals surface area contributed by atoms with Crippen molar-refractivity contribution in [3.63, 3.8) is 0 Å². The van der Waals surface area contributed by atoms with Crippen LogP contribution >= 0.6 is 15.9 Å². The highest BCUT2D eigenvalue weighted by molar-refractivity contribution is 9.10. The highest BCUT2D eigenvalue weighted by Gasteiger charge is 1.99. The normalized spacial score (nSPS) is 10.7. The average molecular weight is 212 g/mol. The van der Waals surface area contributed by atoms with Crippen molar-refractivity contribution in [2.45, 2.75) is 6.92 Å². The van der Waals surface area contributed by atoms with Gasteiger partial charge in [0.2, 0.25) is 0 Å². The maximum Gasteiger partial charge on any atom is 0.169 e. The number of fused-ring (bicyclic) bond motifs is 1. The summed E-state index contributed by atoms with van der Waals surface area (Å²) >= 11 is 3.40. The topological polar surface area (TPSA) is 30.2 Å². The molecule has 56 valence electrons. The lowest BCUT2D eigenvalue weighted by Crippen LogP contribution is -1.88. The molecule has 2 heterocycles. The summed E-state index contributed by atoms with van der Waals surface area (Å²) in [5, 5.41) is 4.02. The van der Waals surface area contributed by atoms with E-state index in [4.69, 9.17) is 0 Å². The first-order chi connectivity index (χ1) is 5.27. The third kappa shape index (κ3) is 1.03. The average Bonchev–Trinajstić information content (AvgIpc) is 2.34. The van der Waals surface area contributed by atoms with Crippen LogP contribution in [0.25, 0.3) is 5.65 Å². The van der Waals surface area contributed by atoms with Gasteiger partial charge in [0.25, 0.3) is 0 Å². The van der Waals surface area contributed by atoms with Crippen molar-refractivity contribution in [1.29, 1.82) is 0 Å². The molecule has 0 aliphatic heterocycles. The molecule has 0 fully saturated rings. The Morgan fingerprint density at radius 3 is 3.18 bits per heavy atom. The van der Waals surface area contributed by atoms with Crippen molar-refractivity contribution in [3.05, 3.63) is 28.6 Å². The van der Waals surface area contributed by atoms with E-state index in [1.807, 2.05) is 19.2 Å². The van der Waals surface area contributed by atoms with Crippen molar-refractivity contribution in [3.8, 4) is 0 Å². The lowest BCUT2D eigenvalue weighted by Gasteiger charge is -1.96. The fourth-order valence-electron chi connectivity index (χ4n) is 1.01. The summed E-state index contributed by atoms with van der Waals surface area (Å²) < 4.78 is 2.73. The summed E-state index contributed by atoms with van der Waals surface area (Å²) in [6.45, 7) is 2.02. The van der Waals surface area contributed by atoms with Crippen molar-refractivity contribution >= 4 is 21.6 Å². The highest BCUT2D eigenvalue weighted by atomic mass is 79.9. The number of rotatable bonds is 0. The Hall–Kier alpha value is -0.900. The van der Waals surface area contributed by atoms with Crippen LogP contribution < -0.4 is 0 Å². The molecule has 0 N–H and O–H groups in total. The summed E-state index contributed by atoms with van der Waals surface area (Å²) in [4.78, 5) is 4.06. The van der Waals surface area contributed by atoms with Crippen molar-refractivity contribution < 1.29 is 0 Å². The fraction of sp³-hybridized carbons (Fsp3) is 0.143. The van der Waals surface area contributed by atoms with Crippen molar-refractivity contribution in [2.24, 2.45) is 0 Å². The van der Waals surface area contributed by atoms with Gasteiger partial charge in [-0.05, 0) is 34.5 Å². The van der Waals surface area contributed by atoms with Gasteiger partial charge in [-0.25, -0.2) is 9.50 Å². The first kappa shape index (κ1) is 6.79. The van der Waals surface area contributed by atoms with E-state index in [2.05, 4.69) is 26.0 Å². The Labute approximate surface area is 72.2 Å². The molecule has 2 rings (SSSR count). The van der Waals surface area contributed by atoms with E-state index < -0.39 is 0 Å². The van der Waals surface area contributed by atoms with Crippen LogP contribution in [0.15, 0.2) is 23.1 Å². The summed E-state index contributed by atoms with van der Waals surface area (Å²) in [7, 11) is 0. The molecule has 4 heteroatoms. The summed E-state index contributed by atoms with van der Waals surface area (Å²) in [6, 6.07) is 2.02. The molecule has 0 spiro atoms. The SMILES string of the molecule is Cc1cc(Br)c2ncnn2c1. The molecular weight excluding hydrogens is 206 g/mol. The largest absolute Gasteiger partial charge is 0.220 e. The van der Waals surface area contributed by atoms with Crippen LogP contribution in [0.2, 0.25) is 0 Å². The monoisotopic (exact) mass is 211 g/mol. The Balaban J connectivity index is 2.91. The molecule has 11 heavy (non-hydrogen) atoms. The number of hydrogen-bond donors (Lipinski definition) is 0. The van der Waals surface area contributed by atoms with Gasteiger partial charge in [0.1, 0.15) is 6.33 Å². The second kappa shape index (κ2) is 2.30. The van der Waals surface area contributed by atoms with Gasteiger partial charge in [-0.1, -0.05) is 0 Å². The standard InChI is InChI=1S/C7H6BrN3/c1-5-2-6(8)7-9-4-10-11(7)3-5/h2-4H,1H3. The van der Waals surface area contributed by atoms with E-state index in [0.717, 1.165) is 15.7 Å². The molecule has 0 saturated carbocycles. The molecule has 2 aromatic rings. The van der Waals surface area contributed by atoms with E-state index in [1.165, 1.54) is 0 Å². The zero-order valence-electron chi connectivity index (χ0n) is 5.95. The first-order valence-corrected chi connectivity index (χ1v) is 4.02. The summed E-state index contributed by atoms with van der Waals surface area (Å²) in [5.41, 5.74) is 2.02. The van der Waals surface area contributed by atoms with Gasteiger partial charge in [0.15, 0.2) is 5.65 Å². The smallest absolute Gasteiger partial charge is 0.169 e. The van der Waals surface area contributed by atoms with Gasteiger partial charge in [-0.3, -0.25) is 0 Å². The second-order valence-corrected chi connectivity index (χ2v) is 3.25. The van der Waals surface area contributed by atoms with Gasteiger partial charge >= 0.3 is 0 Å². The Morgan fingerprint density at radius 2 is 2.36 bits per heavy atom. The molecule has 0 radical (unpaired) electrons. The molecule has 0 unspecified atom stereocenters. The van der Waals surface area contributed by atoms with Crippen LogP contribution in [-0.2, 0) is 0 Å². The number of nitrogens with zero attached hydrogens (tertiary/aromatic N) is 3. The van der Waals surface area contributed by atoms with E-state index in [-0.39, 0.29) is 0 Å². The van der Waals surface area contributed by atoms with E-state index in [0.29, 0.717) is 0 Å². The maximum atomic E-state index is 4.06. The molecule has 0 atom stereocenters. The third-order valence-electron chi connectivity index (χ3n) is 1.47. The van der Waals surface area contributed by atoms with Gasteiger partial charge in [-0.15, -0.1) is 0 Å². The van der Waals surface area contributed by atoms with Crippen LogP contribution in [0.3, 0.4) is 0 Å². The van der Waals surface area contributed by atoms with Crippen molar-refractivity contribution in [1.82, 2.24) is 14.6 Å². The van der Waals surface area contributed by atoms with E-state index >= 15 is 0 Å². The highest BCUT2D eigenvalue weighted by Crippen LogP contribution is 2.16. The van der Waals surface area contributed by atoms with Gasteiger partial charge in [-0.2, -0.15) is 5.10 Å².